The van der Waals surface area contributed by atoms with E-state index in [2.05, 4.69) is 5.10 Å². The van der Waals surface area contributed by atoms with Gasteiger partial charge in [0.25, 0.3) is 0 Å². The van der Waals surface area contributed by atoms with Crippen LogP contribution in [0.2, 0.25) is 0 Å². The molecule has 1 aromatic carbocycles. The molecule has 0 spiro atoms. The highest BCUT2D eigenvalue weighted by atomic mass is 19.1. The van der Waals surface area contributed by atoms with Crippen molar-refractivity contribution in [1.29, 1.82) is 0 Å². The zero-order valence-electron chi connectivity index (χ0n) is 11.1. The Labute approximate surface area is 114 Å². The van der Waals surface area contributed by atoms with Gasteiger partial charge in [0.15, 0.2) is 5.82 Å². The number of carbonyl (C=O) groups is 1. The molecule has 2 rings (SSSR count). The summed E-state index contributed by atoms with van der Waals surface area (Å²) in [5.74, 6) is -0.752. The first-order chi connectivity index (χ1) is 9.56. The van der Waals surface area contributed by atoms with Gasteiger partial charge in [-0.2, -0.15) is 5.10 Å². The van der Waals surface area contributed by atoms with Gasteiger partial charge in [-0.05, 0) is 6.92 Å². The van der Waals surface area contributed by atoms with Crippen LogP contribution in [0.1, 0.15) is 17.3 Å². The first-order valence-corrected chi connectivity index (χ1v) is 5.92. The van der Waals surface area contributed by atoms with Gasteiger partial charge in [0, 0.05) is 18.3 Å². The van der Waals surface area contributed by atoms with Crippen molar-refractivity contribution in [2.75, 3.05) is 19.5 Å². The minimum absolute atomic E-state index is 0.131. The van der Waals surface area contributed by atoms with E-state index in [0.29, 0.717) is 5.75 Å². The second-order valence-electron chi connectivity index (χ2n) is 3.94. The van der Waals surface area contributed by atoms with E-state index in [1.165, 1.54) is 30.3 Å². The van der Waals surface area contributed by atoms with E-state index >= 15 is 0 Å². The Morgan fingerprint density at radius 3 is 2.90 bits per heavy atom. The lowest BCUT2D eigenvalue weighted by Gasteiger charge is -2.08. The molecular weight excluding hydrogens is 265 g/mol. The molecule has 0 radical (unpaired) electrons. The Morgan fingerprint density at radius 1 is 1.50 bits per heavy atom. The minimum atomic E-state index is -0.568. The molecule has 7 heteroatoms. The predicted molar refractivity (Wildman–Crippen MR) is 70.4 cm³/mol. The summed E-state index contributed by atoms with van der Waals surface area (Å²) in [6.07, 6.45) is 2.69. The number of rotatable bonds is 4. The molecule has 2 N–H and O–H groups in total. The SMILES string of the molecule is CCOC(=O)c1cnn(-c2cc(OC)c(N)cc2F)c1. The lowest BCUT2D eigenvalue weighted by molar-refractivity contribution is 0.0526. The number of nitrogens with two attached hydrogens (primary N) is 1. The van der Waals surface area contributed by atoms with Crippen LogP contribution in [0.15, 0.2) is 24.5 Å². The fourth-order valence-electron chi connectivity index (χ4n) is 1.68. The van der Waals surface area contributed by atoms with Gasteiger partial charge in [0.2, 0.25) is 0 Å². The number of carbonyl (C=O) groups excluding carboxylic acids is 1. The summed E-state index contributed by atoms with van der Waals surface area (Å²) in [6, 6.07) is 2.55. The Balaban J connectivity index is 2.39. The van der Waals surface area contributed by atoms with E-state index < -0.39 is 11.8 Å². The third kappa shape index (κ3) is 2.56. The molecule has 0 aliphatic carbocycles. The topological polar surface area (TPSA) is 79.4 Å². The number of nitrogens with zero attached hydrogens (tertiary/aromatic N) is 2. The summed E-state index contributed by atoms with van der Waals surface area (Å²) in [5, 5.41) is 3.94. The second-order valence-corrected chi connectivity index (χ2v) is 3.94. The second kappa shape index (κ2) is 5.60. The predicted octanol–water partition coefficient (Wildman–Crippen LogP) is 1.78. The molecule has 20 heavy (non-hydrogen) atoms. The van der Waals surface area contributed by atoms with Crippen LogP contribution in [0.4, 0.5) is 10.1 Å². The van der Waals surface area contributed by atoms with Crippen molar-refractivity contribution in [3.8, 4) is 11.4 Å². The molecule has 0 aliphatic heterocycles. The van der Waals surface area contributed by atoms with Gasteiger partial charge in [-0.15, -0.1) is 0 Å². The zero-order valence-corrected chi connectivity index (χ0v) is 11.1. The summed E-state index contributed by atoms with van der Waals surface area (Å²) in [5.41, 5.74) is 6.16. The molecule has 0 atom stereocenters. The van der Waals surface area contributed by atoms with Crippen molar-refractivity contribution in [2.24, 2.45) is 0 Å². The van der Waals surface area contributed by atoms with E-state index in [0.717, 1.165) is 6.07 Å². The van der Waals surface area contributed by atoms with Gasteiger partial charge in [0.05, 0.1) is 31.2 Å². The quantitative estimate of drug-likeness (QED) is 0.681. The molecule has 1 aromatic heterocycles. The van der Waals surface area contributed by atoms with Crippen molar-refractivity contribution in [1.82, 2.24) is 9.78 Å². The molecule has 0 bridgehead atoms. The molecule has 2 aromatic rings. The van der Waals surface area contributed by atoms with Crippen LogP contribution >= 0.6 is 0 Å². The molecule has 0 saturated heterocycles. The number of halogens is 1. The van der Waals surface area contributed by atoms with Crippen LogP contribution < -0.4 is 10.5 Å². The maximum atomic E-state index is 13.9. The van der Waals surface area contributed by atoms with E-state index in [-0.39, 0.29) is 23.5 Å². The van der Waals surface area contributed by atoms with Gasteiger partial charge >= 0.3 is 5.97 Å². The summed E-state index contributed by atoms with van der Waals surface area (Å²) in [6.45, 7) is 1.96. The third-order valence-electron chi connectivity index (χ3n) is 2.64. The fourth-order valence-corrected chi connectivity index (χ4v) is 1.68. The van der Waals surface area contributed by atoms with Gasteiger partial charge in [-0.25, -0.2) is 13.9 Å². The fraction of sp³-hybridized carbons (Fsp3) is 0.231. The smallest absolute Gasteiger partial charge is 0.341 e. The van der Waals surface area contributed by atoms with Gasteiger partial charge < -0.3 is 15.2 Å². The summed E-state index contributed by atoms with van der Waals surface area (Å²) in [7, 11) is 1.43. The molecule has 0 saturated carbocycles. The molecule has 6 nitrogen and oxygen atoms in total. The molecular formula is C13H14FN3O3. The Kier molecular flexibility index (Phi) is 3.88. The van der Waals surface area contributed by atoms with Crippen LogP contribution in [0, 0.1) is 5.82 Å². The monoisotopic (exact) mass is 279 g/mol. The van der Waals surface area contributed by atoms with Gasteiger partial charge in [-0.1, -0.05) is 0 Å². The number of hydrogen-bond donors (Lipinski definition) is 1. The largest absolute Gasteiger partial charge is 0.495 e. The first-order valence-electron chi connectivity index (χ1n) is 5.92. The Morgan fingerprint density at radius 2 is 2.25 bits per heavy atom. The zero-order chi connectivity index (χ0) is 14.7. The van der Waals surface area contributed by atoms with Crippen LogP contribution in [-0.4, -0.2) is 29.5 Å². The van der Waals surface area contributed by atoms with E-state index in [1.54, 1.807) is 6.92 Å². The minimum Gasteiger partial charge on any atom is -0.495 e. The molecule has 0 fully saturated rings. The van der Waals surface area contributed by atoms with Gasteiger partial charge in [0.1, 0.15) is 11.4 Å². The van der Waals surface area contributed by atoms with E-state index in [1.807, 2.05) is 0 Å². The number of esters is 1. The maximum absolute atomic E-state index is 13.9. The van der Waals surface area contributed by atoms with Crippen molar-refractivity contribution >= 4 is 11.7 Å². The summed E-state index contributed by atoms with van der Waals surface area (Å²) < 4.78 is 25.0. The number of aromatic nitrogens is 2. The number of benzene rings is 1. The van der Waals surface area contributed by atoms with E-state index in [9.17, 15) is 9.18 Å². The highest BCUT2D eigenvalue weighted by Crippen LogP contribution is 2.27. The molecule has 0 amide bonds. The Bertz CT molecular complexity index is 640. The van der Waals surface area contributed by atoms with Crippen molar-refractivity contribution in [2.45, 2.75) is 6.92 Å². The number of ether oxygens (including phenoxy) is 2. The molecule has 1 heterocycles. The third-order valence-corrected chi connectivity index (χ3v) is 2.64. The number of anilines is 1. The Hall–Kier alpha value is -2.57. The number of nitrogen functional groups attached to an aromatic ring is 1. The van der Waals surface area contributed by atoms with Crippen molar-refractivity contribution in [3.05, 3.63) is 35.9 Å². The lowest BCUT2D eigenvalue weighted by Crippen LogP contribution is -2.04. The average Bonchev–Trinajstić information content (AvgIpc) is 2.89. The van der Waals surface area contributed by atoms with Crippen LogP contribution in [0.25, 0.3) is 5.69 Å². The number of methoxy groups -OCH3 is 1. The summed E-state index contributed by atoms with van der Waals surface area (Å²) >= 11 is 0. The lowest BCUT2D eigenvalue weighted by atomic mass is 10.2. The van der Waals surface area contributed by atoms with Crippen LogP contribution in [-0.2, 0) is 4.74 Å². The number of hydrogen-bond acceptors (Lipinski definition) is 5. The first kappa shape index (κ1) is 13.9. The van der Waals surface area contributed by atoms with Crippen LogP contribution in [0.3, 0.4) is 0 Å². The molecule has 0 aliphatic rings. The van der Waals surface area contributed by atoms with Crippen molar-refractivity contribution < 1.29 is 18.7 Å². The maximum Gasteiger partial charge on any atom is 0.341 e. The van der Waals surface area contributed by atoms with Crippen LogP contribution in [0.5, 0.6) is 5.75 Å². The normalized spacial score (nSPS) is 10.3. The highest BCUT2D eigenvalue weighted by Gasteiger charge is 2.14. The molecule has 0 unspecified atom stereocenters. The highest BCUT2D eigenvalue weighted by molar-refractivity contribution is 5.88. The van der Waals surface area contributed by atoms with E-state index in [4.69, 9.17) is 15.2 Å². The summed E-state index contributed by atoms with van der Waals surface area (Å²) in [4.78, 5) is 11.5. The van der Waals surface area contributed by atoms with Crippen molar-refractivity contribution in [3.63, 3.8) is 0 Å². The average molecular weight is 279 g/mol. The van der Waals surface area contributed by atoms with Gasteiger partial charge in [-0.3, -0.25) is 0 Å². The molecule has 106 valence electrons. The standard InChI is InChI=1S/C13H14FN3O3/c1-3-20-13(18)8-6-16-17(7-8)11-5-12(19-2)10(15)4-9(11)14/h4-7H,3,15H2,1-2H3.